The molecule has 0 bridgehead atoms. The molecule has 26 heavy (non-hydrogen) atoms. The molecule has 2 heterocycles. The number of hydrogen-bond donors (Lipinski definition) is 1. The average Bonchev–Trinajstić information content (AvgIpc) is 2.98. The normalized spacial score (nSPS) is 32.1. The number of nitrogens with zero attached hydrogens (tertiary/aromatic N) is 3. The summed E-state index contributed by atoms with van der Waals surface area (Å²) in [6.45, 7) is 2.47. The lowest BCUT2D eigenvalue weighted by atomic mass is 9.78. The van der Waals surface area contributed by atoms with E-state index >= 15 is 0 Å². The van der Waals surface area contributed by atoms with Crippen LogP contribution in [0.25, 0.3) is 0 Å². The van der Waals surface area contributed by atoms with Gasteiger partial charge in [0.25, 0.3) is 0 Å². The van der Waals surface area contributed by atoms with Crippen molar-refractivity contribution in [3.63, 3.8) is 0 Å². The largest absolute Gasteiger partial charge is 0.393 e. The topological polar surface area (TPSA) is 67.6 Å². The van der Waals surface area contributed by atoms with Gasteiger partial charge in [-0.25, -0.2) is 0 Å². The summed E-state index contributed by atoms with van der Waals surface area (Å²) in [5, 5.41) is 19.2. The van der Waals surface area contributed by atoms with Crippen molar-refractivity contribution in [3.8, 4) is 6.07 Å². The molecular weight excluding hydrogens is 326 g/mol. The summed E-state index contributed by atoms with van der Waals surface area (Å²) in [6, 6.07) is 10.3. The van der Waals surface area contributed by atoms with Crippen molar-refractivity contribution in [1.82, 2.24) is 4.90 Å². The number of carbonyl (C=O) groups excluding carboxylic acids is 1. The van der Waals surface area contributed by atoms with E-state index in [0.717, 1.165) is 70.3 Å². The molecule has 1 unspecified atom stereocenters. The third-order valence-electron chi connectivity index (χ3n) is 6.59. The molecule has 0 radical (unpaired) electrons. The van der Waals surface area contributed by atoms with Crippen molar-refractivity contribution in [1.29, 1.82) is 5.26 Å². The Morgan fingerprint density at radius 3 is 2.65 bits per heavy atom. The van der Waals surface area contributed by atoms with Crippen molar-refractivity contribution in [2.45, 2.75) is 57.1 Å². The van der Waals surface area contributed by atoms with Gasteiger partial charge in [-0.15, -0.1) is 0 Å². The van der Waals surface area contributed by atoms with Gasteiger partial charge in [0.1, 0.15) is 6.07 Å². The Hall–Kier alpha value is -2.06. The van der Waals surface area contributed by atoms with Crippen molar-refractivity contribution in [2.75, 3.05) is 24.5 Å². The number of aliphatic hydroxyl groups is 1. The second-order valence-electron chi connectivity index (χ2n) is 8.15. The Bertz CT molecular complexity index is 720. The minimum atomic E-state index is -0.295. The number of amides is 1. The Morgan fingerprint density at radius 1 is 1.12 bits per heavy atom. The molecule has 2 aliphatic heterocycles. The van der Waals surface area contributed by atoms with Crippen LogP contribution in [0.1, 0.15) is 50.5 Å². The third kappa shape index (κ3) is 2.97. The van der Waals surface area contributed by atoms with Crippen LogP contribution < -0.4 is 4.90 Å². The van der Waals surface area contributed by atoms with E-state index in [-0.39, 0.29) is 11.5 Å². The zero-order valence-electron chi connectivity index (χ0n) is 15.2. The fourth-order valence-corrected chi connectivity index (χ4v) is 5.13. The van der Waals surface area contributed by atoms with Crippen molar-refractivity contribution in [2.24, 2.45) is 5.41 Å². The SMILES string of the molecule is N#Cc1ccccc1N1CCCC2(CCN(C3CCC(O)CC3)C2=O)C1. The maximum atomic E-state index is 13.4. The minimum absolute atomic E-state index is 0.189. The predicted octanol–water partition coefficient (Wildman–Crippen LogP) is 2.68. The quantitative estimate of drug-likeness (QED) is 0.888. The van der Waals surface area contributed by atoms with E-state index in [2.05, 4.69) is 15.9 Å². The lowest BCUT2D eigenvalue weighted by molar-refractivity contribution is -0.139. The number of para-hydroxylation sites is 1. The fraction of sp³-hybridized carbons (Fsp3) is 0.619. The Labute approximate surface area is 155 Å². The molecule has 1 saturated carbocycles. The van der Waals surface area contributed by atoms with Crippen LogP contribution in [0.3, 0.4) is 0 Å². The highest BCUT2D eigenvalue weighted by Crippen LogP contribution is 2.43. The highest BCUT2D eigenvalue weighted by Gasteiger charge is 2.50. The smallest absolute Gasteiger partial charge is 0.230 e. The van der Waals surface area contributed by atoms with E-state index in [4.69, 9.17) is 0 Å². The number of aliphatic hydroxyl groups excluding tert-OH is 1. The van der Waals surface area contributed by atoms with Crippen LogP contribution in [0.2, 0.25) is 0 Å². The summed E-state index contributed by atoms with van der Waals surface area (Å²) in [5.74, 6) is 0.304. The lowest BCUT2D eigenvalue weighted by Crippen LogP contribution is -2.50. The molecule has 138 valence electrons. The van der Waals surface area contributed by atoms with Crippen molar-refractivity contribution >= 4 is 11.6 Å². The molecular formula is C21H27N3O2. The average molecular weight is 353 g/mol. The van der Waals surface area contributed by atoms with Gasteiger partial charge >= 0.3 is 0 Å². The first-order valence-corrected chi connectivity index (χ1v) is 9.86. The zero-order valence-corrected chi connectivity index (χ0v) is 15.2. The van der Waals surface area contributed by atoms with E-state index in [9.17, 15) is 15.2 Å². The first-order chi connectivity index (χ1) is 12.6. The predicted molar refractivity (Wildman–Crippen MR) is 99.6 cm³/mol. The number of anilines is 1. The lowest BCUT2D eigenvalue weighted by Gasteiger charge is -2.41. The molecule has 1 aromatic carbocycles. The Kier molecular flexibility index (Phi) is 4.62. The van der Waals surface area contributed by atoms with Crippen LogP contribution in [0.15, 0.2) is 24.3 Å². The number of rotatable bonds is 2. The van der Waals surface area contributed by atoms with Gasteiger partial charge in [0.05, 0.1) is 22.8 Å². The number of likely N-dealkylation sites (tertiary alicyclic amines) is 1. The second-order valence-corrected chi connectivity index (χ2v) is 8.15. The van der Waals surface area contributed by atoms with Crippen LogP contribution in [0.5, 0.6) is 0 Å². The van der Waals surface area contributed by atoms with Gasteiger partial charge in [-0.1, -0.05) is 12.1 Å². The maximum absolute atomic E-state index is 13.4. The minimum Gasteiger partial charge on any atom is -0.393 e. The molecule has 5 heteroatoms. The number of carbonyl (C=O) groups is 1. The first-order valence-electron chi connectivity index (χ1n) is 9.86. The van der Waals surface area contributed by atoms with Crippen LogP contribution in [-0.2, 0) is 4.79 Å². The van der Waals surface area contributed by atoms with Gasteiger partial charge in [-0.3, -0.25) is 4.79 Å². The fourth-order valence-electron chi connectivity index (χ4n) is 5.13. The second kappa shape index (κ2) is 6.92. The molecule has 3 fully saturated rings. The third-order valence-corrected chi connectivity index (χ3v) is 6.59. The Balaban J connectivity index is 1.52. The highest BCUT2D eigenvalue weighted by atomic mass is 16.3. The van der Waals surface area contributed by atoms with Gasteiger partial charge < -0.3 is 14.9 Å². The van der Waals surface area contributed by atoms with Gasteiger partial charge in [0.2, 0.25) is 5.91 Å². The summed E-state index contributed by atoms with van der Waals surface area (Å²) in [4.78, 5) is 17.7. The molecule has 1 aliphatic carbocycles. The Morgan fingerprint density at radius 2 is 1.88 bits per heavy atom. The van der Waals surface area contributed by atoms with Gasteiger partial charge in [-0.2, -0.15) is 5.26 Å². The summed E-state index contributed by atoms with van der Waals surface area (Å²) < 4.78 is 0. The van der Waals surface area contributed by atoms with E-state index in [1.165, 1.54) is 0 Å². The summed E-state index contributed by atoms with van der Waals surface area (Å²) in [6.07, 6.45) is 6.12. The molecule has 1 spiro atoms. The van der Waals surface area contributed by atoms with Crippen molar-refractivity contribution < 1.29 is 9.90 Å². The molecule has 1 N–H and O–H groups in total. The van der Waals surface area contributed by atoms with Crippen LogP contribution in [0, 0.1) is 16.7 Å². The monoisotopic (exact) mass is 353 g/mol. The van der Waals surface area contributed by atoms with E-state index in [1.807, 2.05) is 24.3 Å². The molecule has 2 saturated heterocycles. The standard InChI is InChI=1S/C21H27N3O2/c22-14-16-4-1-2-5-19(16)23-12-3-10-21(15-23)11-13-24(20(21)26)17-6-8-18(25)9-7-17/h1-2,4-5,17-18,25H,3,6-13,15H2. The zero-order chi connectivity index (χ0) is 18.1. The summed E-state index contributed by atoms with van der Waals surface area (Å²) >= 11 is 0. The van der Waals surface area contributed by atoms with Crippen LogP contribution >= 0.6 is 0 Å². The number of hydrogen-bond acceptors (Lipinski definition) is 4. The molecule has 3 aliphatic rings. The summed E-state index contributed by atoms with van der Waals surface area (Å²) in [5.41, 5.74) is 1.35. The molecule has 5 nitrogen and oxygen atoms in total. The highest BCUT2D eigenvalue weighted by molar-refractivity contribution is 5.86. The van der Waals surface area contributed by atoms with E-state index in [0.29, 0.717) is 17.5 Å². The molecule has 4 rings (SSSR count). The molecule has 0 aromatic heterocycles. The number of piperidine rings is 1. The first kappa shape index (κ1) is 17.4. The molecule has 1 aromatic rings. The van der Waals surface area contributed by atoms with E-state index in [1.54, 1.807) is 0 Å². The van der Waals surface area contributed by atoms with E-state index < -0.39 is 0 Å². The number of nitriles is 1. The van der Waals surface area contributed by atoms with Crippen LogP contribution in [0.4, 0.5) is 5.69 Å². The maximum Gasteiger partial charge on any atom is 0.230 e. The summed E-state index contributed by atoms with van der Waals surface area (Å²) in [7, 11) is 0. The number of benzene rings is 1. The van der Waals surface area contributed by atoms with Gasteiger partial charge in [0.15, 0.2) is 0 Å². The van der Waals surface area contributed by atoms with Gasteiger partial charge in [0, 0.05) is 25.7 Å². The van der Waals surface area contributed by atoms with Gasteiger partial charge in [-0.05, 0) is 57.1 Å². The molecule has 1 atom stereocenters. The molecule has 1 amide bonds. The van der Waals surface area contributed by atoms with Crippen LogP contribution in [-0.4, -0.2) is 47.7 Å². The van der Waals surface area contributed by atoms with Crippen molar-refractivity contribution in [3.05, 3.63) is 29.8 Å².